The summed E-state index contributed by atoms with van der Waals surface area (Å²) in [7, 11) is -2.25. The quantitative estimate of drug-likeness (QED) is 0.613. The van der Waals surface area contributed by atoms with Gasteiger partial charge in [-0.25, -0.2) is 13.1 Å². The monoisotopic (exact) mass is 313 g/mol. The molecule has 0 spiro atoms. The zero-order chi connectivity index (χ0) is 15.5. The molecule has 1 aliphatic carbocycles. The first kappa shape index (κ1) is 16.1. The molecule has 1 aromatic carbocycles. The first-order valence-corrected chi connectivity index (χ1v) is 8.63. The van der Waals surface area contributed by atoms with Crippen LogP contribution in [0.5, 0.6) is 0 Å². The number of hydrogen-bond acceptors (Lipinski definition) is 5. The van der Waals surface area contributed by atoms with Crippen LogP contribution in [0.3, 0.4) is 0 Å². The first-order valence-electron chi connectivity index (χ1n) is 7.15. The molecule has 0 saturated heterocycles. The highest BCUT2D eigenvalue weighted by atomic mass is 32.2. The second-order valence-corrected chi connectivity index (χ2v) is 7.44. The highest BCUT2D eigenvalue weighted by Crippen LogP contribution is 2.34. The molecule has 6 nitrogen and oxygen atoms in total. The lowest BCUT2D eigenvalue weighted by Crippen LogP contribution is -2.44. The van der Waals surface area contributed by atoms with Crippen LogP contribution in [0.15, 0.2) is 23.1 Å². The zero-order valence-electron chi connectivity index (χ0n) is 12.2. The molecular weight excluding hydrogens is 290 g/mol. The van der Waals surface area contributed by atoms with E-state index in [1.54, 1.807) is 12.1 Å². The van der Waals surface area contributed by atoms with Crippen molar-refractivity contribution >= 4 is 21.4 Å². The molecule has 0 unspecified atom stereocenters. The average molecular weight is 313 g/mol. The number of nitrogen functional groups attached to an aromatic ring is 1. The minimum Gasteiger partial charge on any atom is -0.399 e. The number of anilines is 2. The van der Waals surface area contributed by atoms with E-state index >= 15 is 0 Å². The molecule has 0 aliphatic heterocycles. The largest absolute Gasteiger partial charge is 0.399 e. The molecule has 21 heavy (non-hydrogen) atoms. The Morgan fingerprint density at radius 3 is 2.52 bits per heavy atom. The first-order chi connectivity index (χ1) is 9.92. The highest BCUT2D eigenvalue weighted by Gasteiger charge is 2.32. The normalized spacial score (nSPS) is 18.4. The number of aliphatic hydroxyl groups is 1. The topological polar surface area (TPSA) is 104 Å². The average Bonchev–Trinajstić information content (AvgIpc) is 2.50. The number of benzene rings is 1. The smallest absolute Gasteiger partial charge is 0.242 e. The fraction of sp³-hybridized carbons (Fsp3) is 0.571. The van der Waals surface area contributed by atoms with Crippen molar-refractivity contribution in [2.75, 3.05) is 24.7 Å². The van der Waals surface area contributed by atoms with Gasteiger partial charge in [-0.3, -0.25) is 0 Å². The minimum absolute atomic E-state index is 0.0174. The zero-order valence-corrected chi connectivity index (χ0v) is 13.0. The van der Waals surface area contributed by atoms with Crippen molar-refractivity contribution in [2.24, 2.45) is 0 Å². The van der Waals surface area contributed by atoms with Crippen molar-refractivity contribution in [3.05, 3.63) is 18.2 Å². The van der Waals surface area contributed by atoms with Crippen molar-refractivity contribution < 1.29 is 13.5 Å². The van der Waals surface area contributed by atoms with Crippen LogP contribution in [0.1, 0.15) is 32.1 Å². The number of sulfonamides is 1. The van der Waals surface area contributed by atoms with Crippen LogP contribution in [-0.2, 0) is 10.0 Å². The second kappa shape index (κ2) is 6.21. The van der Waals surface area contributed by atoms with E-state index in [1.165, 1.54) is 13.1 Å². The van der Waals surface area contributed by atoms with Gasteiger partial charge in [0.15, 0.2) is 0 Å². The molecule has 118 valence electrons. The number of hydrogen-bond donors (Lipinski definition) is 4. The van der Waals surface area contributed by atoms with Crippen LogP contribution in [0.25, 0.3) is 0 Å². The summed E-state index contributed by atoms with van der Waals surface area (Å²) in [5.41, 5.74) is 6.12. The van der Waals surface area contributed by atoms with E-state index in [1.807, 2.05) is 0 Å². The summed E-state index contributed by atoms with van der Waals surface area (Å²) in [6.45, 7) is -0.0174. The van der Waals surface area contributed by atoms with Crippen LogP contribution in [0.2, 0.25) is 0 Å². The molecule has 0 atom stereocenters. The Morgan fingerprint density at radius 1 is 1.29 bits per heavy atom. The molecule has 1 aromatic rings. The van der Waals surface area contributed by atoms with E-state index < -0.39 is 15.6 Å². The summed E-state index contributed by atoms with van der Waals surface area (Å²) in [6.07, 6.45) is 4.85. The third-order valence-electron chi connectivity index (χ3n) is 4.08. The van der Waals surface area contributed by atoms with Crippen LogP contribution >= 0.6 is 0 Å². The van der Waals surface area contributed by atoms with Gasteiger partial charge in [0, 0.05) is 5.69 Å². The molecule has 0 aromatic heterocycles. The van der Waals surface area contributed by atoms with E-state index in [-0.39, 0.29) is 11.5 Å². The van der Waals surface area contributed by atoms with Gasteiger partial charge in [0.1, 0.15) is 4.90 Å². The molecule has 1 aliphatic rings. The molecular formula is C14H23N3O3S. The van der Waals surface area contributed by atoms with E-state index in [2.05, 4.69) is 10.0 Å². The highest BCUT2D eigenvalue weighted by molar-refractivity contribution is 7.89. The van der Waals surface area contributed by atoms with Crippen molar-refractivity contribution in [2.45, 2.75) is 42.5 Å². The van der Waals surface area contributed by atoms with Crippen LogP contribution < -0.4 is 15.8 Å². The predicted molar refractivity (Wildman–Crippen MR) is 83.6 cm³/mol. The van der Waals surface area contributed by atoms with Gasteiger partial charge >= 0.3 is 0 Å². The number of nitrogens with one attached hydrogen (secondary N) is 2. The van der Waals surface area contributed by atoms with E-state index in [0.717, 1.165) is 32.1 Å². The molecule has 2 rings (SSSR count). The molecule has 1 saturated carbocycles. The summed E-state index contributed by atoms with van der Waals surface area (Å²) >= 11 is 0. The van der Waals surface area contributed by atoms with E-state index in [9.17, 15) is 13.5 Å². The van der Waals surface area contributed by atoms with Crippen LogP contribution in [0, 0.1) is 0 Å². The van der Waals surface area contributed by atoms with Crippen LogP contribution in [0.4, 0.5) is 11.4 Å². The third-order valence-corrected chi connectivity index (χ3v) is 5.53. The van der Waals surface area contributed by atoms with Crippen LogP contribution in [-0.4, -0.2) is 32.7 Å². The van der Waals surface area contributed by atoms with Crippen molar-refractivity contribution in [1.82, 2.24) is 4.72 Å². The molecule has 1 fully saturated rings. The van der Waals surface area contributed by atoms with E-state index in [4.69, 9.17) is 5.73 Å². The Balaban J connectivity index is 2.39. The third kappa shape index (κ3) is 3.48. The molecule has 5 N–H and O–H groups in total. The van der Waals surface area contributed by atoms with Gasteiger partial charge in [0.25, 0.3) is 0 Å². The van der Waals surface area contributed by atoms with Crippen molar-refractivity contribution in [1.29, 1.82) is 0 Å². The molecule has 7 heteroatoms. The molecule has 0 amide bonds. The Labute approximate surface area is 125 Å². The Hall–Kier alpha value is -1.31. The minimum atomic E-state index is -3.61. The Kier molecular flexibility index (Phi) is 4.75. The molecule has 0 bridgehead atoms. The lowest BCUT2D eigenvalue weighted by molar-refractivity contribution is 0.172. The van der Waals surface area contributed by atoms with E-state index in [0.29, 0.717) is 11.4 Å². The summed E-state index contributed by atoms with van der Waals surface area (Å²) in [6, 6.07) is 4.75. The standard InChI is InChI=1S/C14H23N3O3S/c1-16-21(19,20)13-9-11(15)5-6-12(13)17-14(10-18)7-3-2-4-8-14/h5-6,9,16-18H,2-4,7-8,10,15H2,1H3. The van der Waals surface area contributed by atoms with Gasteiger partial charge in [-0.2, -0.15) is 0 Å². The maximum Gasteiger partial charge on any atom is 0.242 e. The van der Waals surface area contributed by atoms with Gasteiger partial charge < -0.3 is 16.2 Å². The van der Waals surface area contributed by atoms with Gasteiger partial charge in [0.2, 0.25) is 10.0 Å². The summed E-state index contributed by atoms with van der Waals surface area (Å²) < 4.78 is 26.6. The lowest BCUT2D eigenvalue weighted by Gasteiger charge is -2.38. The summed E-state index contributed by atoms with van der Waals surface area (Å²) in [5, 5.41) is 13.0. The number of rotatable bonds is 5. The summed E-state index contributed by atoms with van der Waals surface area (Å²) in [4.78, 5) is 0.114. The second-order valence-electron chi connectivity index (χ2n) is 5.59. The van der Waals surface area contributed by atoms with Gasteiger partial charge in [-0.05, 0) is 38.1 Å². The maximum absolute atomic E-state index is 12.1. The number of nitrogens with two attached hydrogens (primary N) is 1. The number of aliphatic hydroxyl groups excluding tert-OH is 1. The van der Waals surface area contributed by atoms with Gasteiger partial charge in [-0.1, -0.05) is 19.3 Å². The van der Waals surface area contributed by atoms with Gasteiger partial charge in [0.05, 0.1) is 17.8 Å². The van der Waals surface area contributed by atoms with Gasteiger partial charge in [-0.15, -0.1) is 0 Å². The maximum atomic E-state index is 12.1. The fourth-order valence-electron chi connectivity index (χ4n) is 2.81. The van der Waals surface area contributed by atoms with Crippen molar-refractivity contribution in [3.63, 3.8) is 0 Å². The Morgan fingerprint density at radius 2 is 1.95 bits per heavy atom. The SMILES string of the molecule is CNS(=O)(=O)c1cc(N)ccc1NC1(CO)CCCCC1. The molecule has 0 heterocycles. The fourth-order valence-corrected chi connectivity index (χ4v) is 3.73. The van der Waals surface area contributed by atoms with Crippen molar-refractivity contribution in [3.8, 4) is 0 Å². The summed E-state index contributed by atoms with van der Waals surface area (Å²) in [5.74, 6) is 0. The Bertz CT molecular complexity index is 595. The predicted octanol–water partition coefficient (Wildman–Crippen LogP) is 1.28. The lowest BCUT2D eigenvalue weighted by atomic mass is 9.82. The molecule has 0 radical (unpaired) electrons.